The van der Waals surface area contributed by atoms with E-state index in [1.807, 2.05) is 0 Å². The fourth-order valence-electron chi connectivity index (χ4n) is 0.265. The summed E-state index contributed by atoms with van der Waals surface area (Å²) in [6, 6.07) is 0. The van der Waals surface area contributed by atoms with Gasteiger partial charge in [-0.15, -0.1) is 0 Å². The van der Waals surface area contributed by atoms with Crippen molar-refractivity contribution in [1.29, 1.82) is 0 Å². The minimum Gasteiger partial charge on any atom is -0.394 e. The van der Waals surface area contributed by atoms with Gasteiger partial charge in [0, 0.05) is 0 Å². The summed E-state index contributed by atoms with van der Waals surface area (Å²) < 4.78 is 33.7. The Hall–Kier alpha value is -0.200. The number of aliphatic hydroxyl groups excluding tert-OH is 1. The molecule has 5 N–H and O–H groups in total. The topological polar surface area (TPSA) is 101 Å². The first-order valence-corrected chi connectivity index (χ1v) is 2.31. The molecule has 0 aromatic carbocycles. The first-order valence-electron chi connectivity index (χ1n) is 4.81. The molecule has 0 unspecified atom stereocenters. The Kier molecular flexibility index (Phi) is 1.83. The monoisotopic (exact) mass is 157 g/mol. The maximum atomic E-state index is 9.14. The summed E-state index contributed by atoms with van der Waals surface area (Å²) in [4.78, 5) is 0. The Balaban J connectivity index is 5.38. The zero-order chi connectivity index (χ0) is 12.7. The molecule has 0 aliphatic carbocycles. The number of hydrogen-bond donors (Lipinski definition) is 5. The van der Waals surface area contributed by atoms with Crippen LogP contribution in [0.2, 0.25) is 0 Å². The van der Waals surface area contributed by atoms with Gasteiger partial charge in [0.2, 0.25) is 0 Å². The first kappa shape index (κ1) is 3.99. The van der Waals surface area contributed by atoms with Gasteiger partial charge in [0.25, 0.3) is 0 Å². The fraction of sp³-hybridized carbons (Fsp3) is 1.00. The molecular weight excluding hydrogens is 140 g/mol. The molecule has 0 aliphatic heterocycles. The van der Waals surface area contributed by atoms with Crippen molar-refractivity contribution in [2.24, 2.45) is 0 Å². The van der Waals surface area contributed by atoms with Gasteiger partial charge in [0.1, 0.15) is 18.2 Å². The van der Waals surface area contributed by atoms with Gasteiger partial charge in [0.05, 0.1) is 20.0 Å². The predicted octanol–water partition coefficient (Wildman–Crippen LogP) is -2.95. The molecule has 0 fully saturated rings. The molecule has 0 heterocycles. The highest BCUT2D eigenvalue weighted by atomic mass is 16.4. The zero-order valence-electron chi connectivity index (χ0n) is 9.94. The van der Waals surface area contributed by atoms with E-state index in [1.54, 1.807) is 0 Å². The van der Waals surface area contributed by atoms with Gasteiger partial charge in [-0.1, -0.05) is 0 Å². The van der Waals surface area contributed by atoms with Gasteiger partial charge in [-0.05, 0) is 0 Å². The van der Waals surface area contributed by atoms with E-state index < -0.39 is 31.4 Å². The fourth-order valence-corrected chi connectivity index (χ4v) is 0.265. The van der Waals surface area contributed by atoms with Gasteiger partial charge in [0.15, 0.2) is 0 Å². The minimum atomic E-state index is -3.92. The molecule has 0 saturated carbocycles. The molecule has 5 heteroatoms. The Morgan fingerprint density at radius 1 is 1.20 bits per heavy atom. The van der Waals surface area contributed by atoms with Gasteiger partial charge in [-0.3, -0.25) is 0 Å². The number of rotatable bonds is 4. The van der Waals surface area contributed by atoms with Crippen molar-refractivity contribution >= 4 is 0 Å². The number of aliphatic hydroxyl groups is 5. The van der Waals surface area contributed by atoms with E-state index in [4.69, 9.17) is 32.4 Å². The van der Waals surface area contributed by atoms with Crippen LogP contribution in [0.5, 0.6) is 0 Å². The van der Waals surface area contributed by atoms with Crippen LogP contribution in [0.1, 0.15) is 6.85 Å². The first-order chi connectivity index (χ1) is 6.31. The molecule has 3 atom stereocenters. The van der Waals surface area contributed by atoms with E-state index in [2.05, 4.69) is 0 Å². The standard InChI is InChI=1S/C5H12O5/c6-1-3(8)5(10)4(9)2-7/h3-10H,1-2H2/t3-,4+,5-/i1D2,3D,4D,5D/m0/s1. The molecule has 0 rings (SSSR count). The molecule has 5 nitrogen and oxygen atoms in total. The van der Waals surface area contributed by atoms with Crippen LogP contribution in [0.25, 0.3) is 0 Å². The quantitative estimate of drug-likeness (QED) is 0.300. The van der Waals surface area contributed by atoms with Gasteiger partial charge in [-0.2, -0.15) is 0 Å². The largest absolute Gasteiger partial charge is 0.394 e. The van der Waals surface area contributed by atoms with Crippen LogP contribution in [0.15, 0.2) is 0 Å². The molecule has 0 spiro atoms. The summed E-state index contributed by atoms with van der Waals surface area (Å²) in [6.07, 6.45) is -11.2. The Bertz CT molecular complexity index is 234. The smallest absolute Gasteiger partial charge is 0.110 e. The molecule has 0 radical (unpaired) electrons. The van der Waals surface area contributed by atoms with Crippen molar-refractivity contribution < 1.29 is 32.4 Å². The third-order valence-corrected chi connectivity index (χ3v) is 0.753. The molecule has 0 amide bonds. The third kappa shape index (κ3) is 2.59. The lowest BCUT2D eigenvalue weighted by molar-refractivity contribution is -0.0900. The van der Waals surface area contributed by atoms with Crippen LogP contribution in [-0.4, -0.2) is 56.9 Å². The summed E-state index contributed by atoms with van der Waals surface area (Å²) >= 11 is 0. The van der Waals surface area contributed by atoms with Crippen molar-refractivity contribution in [2.75, 3.05) is 13.2 Å². The normalized spacial score (nSPS) is 38.3. The summed E-state index contributed by atoms with van der Waals surface area (Å²) in [5.41, 5.74) is 0. The molecule has 0 aromatic heterocycles. The molecule has 10 heavy (non-hydrogen) atoms. The lowest BCUT2D eigenvalue weighted by atomic mass is 10.1. The van der Waals surface area contributed by atoms with Crippen molar-refractivity contribution in [3.05, 3.63) is 0 Å². The van der Waals surface area contributed by atoms with E-state index in [0.29, 0.717) is 0 Å². The molecule has 0 aliphatic rings. The van der Waals surface area contributed by atoms with Crippen molar-refractivity contribution in [3.8, 4) is 0 Å². The highest BCUT2D eigenvalue weighted by Crippen LogP contribution is 1.97. The van der Waals surface area contributed by atoms with Crippen LogP contribution in [0, 0.1) is 0 Å². The zero-order valence-corrected chi connectivity index (χ0v) is 4.94. The molecular formula is C5H12O5. The van der Waals surface area contributed by atoms with Crippen molar-refractivity contribution in [3.63, 3.8) is 0 Å². The van der Waals surface area contributed by atoms with E-state index in [-0.39, 0.29) is 0 Å². The molecule has 62 valence electrons. The maximum Gasteiger partial charge on any atom is 0.110 e. The van der Waals surface area contributed by atoms with Crippen LogP contribution in [0.3, 0.4) is 0 Å². The van der Waals surface area contributed by atoms with Gasteiger partial charge < -0.3 is 25.5 Å². The average Bonchev–Trinajstić information content (AvgIpc) is 2.01. The van der Waals surface area contributed by atoms with Crippen LogP contribution < -0.4 is 0 Å². The molecule has 0 saturated heterocycles. The van der Waals surface area contributed by atoms with E-state index in [9.17, 15) is 0 Å². The highest BCUT2D eigenvalue weighted by Gasteiger charge is 2.22. The Morgan fingerprint density at radius 3 is 2.00 bits per heavy atom. The van der Waals surface area contributed by atoms with Crippen molar-refractivity contribution in [2.45, 2.75) is 18.2 Å². The second-order valence-electron chi connectivity index (χ2n) is 1.41. The summed E-state index contributed by atoms with van der Waals surface area (Å²) in [6.45, 7) is -5.31. The van der Waals surface area contributed by atoms with Crippen LogP contribution in [-0.2, 0) is 0 Å². The molecule has 0 bridgehead atoms. The van der Waals surface area contributed by atoms with Crippen LogP contribution in [0.4, 0.5) is 0 Å². The van der Waals surface area contributed by atoms with E-state index in [0.717, 1.165) is 0 Å². The van der Waals surface area contributed by atoms with Crippen LogP contribution >= 0.6 is 0 Å². The lowest BCUT2D eigenvalue weighted by Gasteiger charge is -2.19. The third-order valence-electron chi connectivity index (χ3n) is 0.753. The van der Waals surface area contributed by atoms with E-state index >= 15 is 0 Å². The summed E-state index contributed by atoms with van der Waals surface area (Å²) in [5, 5.41) is 44.3. The lowest BCUT2D eigenvalue weighted by Crippen LogP contribution is -2.41. The average molecular weight is 157 g/mol. The van der Waals surface area contributed by atoms with Crippen molar-refractivity contribution in [1.82, 2.24) is 0 Å². The Morgan fingerprint density at radius 2 is 1.70 bits per heavy atom. The van der Waals surface area contributed by atoms with Gasteiger partial charge >= 0.3 is 0 Å². The number of hydrogen-bond acceptors (Lipinski definition) is 5. The second-order valence-corrected chi connectivity index (χ2v) is 1.41. The minimum absolute atomic E-state index is 1.54. The van der Waals surface area contributed by atoms with E-state index in [1.165, 1.54) is 0 Å². The SMILES string of the molecule is [2H]C([2H])(O)[C@]([2H])(O)[C@]([2H])(O)[C@]([2H])(O)CO. The Labute approximate surface area is 65.2 Å². The van der Waals surface area contributed by atoms with Gasteiger partial charge in [-0.25, -0.2) is 0 Å². The maximum absolute atomic E-state index is 9.14. The second kappa shape index (κ2) is 4.59. The summed E-state index contributed by atoms with van der Waals surface area (Å²) in [5.74, 6) is 0. The summed E-state index contributed by atoms with van der Waals surface area (Å²) in [7, 11) is 0. The predicted molar refractivity (Wildman–Crippen MR) is 32.2 cm³/mol. The highest BCUT2D eigenvalue weighted by molar-refractivity contribution is 4.73. The molecule has 0 aromatic rings.